The molecule has 2 rings (SSSR count). The third-order valence-electron chi connectivity index (χ3n) is 3.56. The van der Waals surface area contributed by atoms with E-state index >= 15 is 0 Å². The molecular weight excluding hydrogens is 210 g/mol. The minimum Gasteiger partial charge on any atom is -0.488 e. The average Bonchev–Trinajstić information content (AvgIpc) is 2.66. The van der Waals surface area contributed by atoms with E-state index in [-0.39, 0.29) is 0 Å². The normalized spacial score (nSPS) is 22.4. The van der Waals surface area contributed by atoms with Crippen LogP contribution < -0.4 is 10.1 Å². The Morgan fingerprint density at radius 1 is 1.18 bits per heavy atom. The van der Waals surface area contributed by atoms with Crippen molar-refractivity contribution < 1.29 is 4.74 Å². The van der Waals surface area contributed by atoms with Gasteiger partial charge in [-0.1, -0.05) is 32.4 Å². The van der Waals surface area contributed by atoms with Crippen molar-refractivity contribution in [1.82, 2.24) is 5.32 Å². The molecule has 1 aromatic rings. The lowest BCUT2D eigenvalue weighted by atomic mass is 9.95. The van der Waals surface area contributed by atoms with E-state index in [2.05, 4.69) is 45.1 Å². The largest absolute Gasteiger partial charge is 0.488 e. The first-order valence-electron chi connectivity index (χ1n) is 6.69. The van der Waals surface area contributed by atoms with Gasteiger partial charge in [0.25, 0.3) is 0 Å². The first-order chi connectivity index (χ1) is 8.19. The standard InChI is InChI=1S/C15H23NO/c1-5-7-12-14(16-6-2)13-10(3)8-9-11(4)15(13)17-12/h8-9,12,14,16H,5-7H2,1-4H3. The van der Waals surface area contributed by atoms with E-state index in [9.17, 15) is 0 Å². The van der Waals surface area contributed by atoms with Gasteiger partial charge in [-0.05, 0) is 37.9 Å². The zero-order chi connectivity index (χ0) is 12.4. The van der Waals surface area contributed by atoms with Crippen molar-refractivity contribution in [1.29, 1.82) is 0 Å². The maximum Gasteiger partial charge on any atom is 0.127 e. The van der Waals surface area contributed by atoms with E-state index in [1.807, 2.05) is 0 Å². The fraction of sp³-hybridized carbons (Fsp3) is 0.600. The molecule has 94 valence electrons. The van der Waals surface area contributed by atoms with E-state index in [4.69, 9.17) is 4.74 Å². The van der Waals surface area contributed by atoms with Crippen LogP contribution in [0.15, 0.2) is 12.1 Å². The number of rotatable bonds is 4. The average molecular weight is 233 g/mol. The van der Waals surface area contributed by atoms with Gasteiger partial charge < -0.3 is 10.1 Å². The lowest BCUT2D eigenvalue weighted by Crippen LogP contribution is -2.31. The number of nitrogens with one attached hydrogen (secondary N) is 1. The Morgan fingerprint density at radius 3 is 2.53 bits per heavy atom. The number of hydrogen-bond donors (Lipinski definition) is 1. The first kappa shape index (κ1) is 12.4. The summed E-state index contributed by atoms with van der Waals surface area (Å²) in [6, 6.07) is 4.73. The predicted octanol–water partition coefficient (Wildman–Crippen LogP) is 3.52. The number of aryl methyl sites for hydroxylation is 2. The number of hydrogen-bond acceptors (Lipinski definition) is 2. The molecule has 1 aliphatic heterocycles. The minimum absolute atomic E-state index is 0.301. The van der Waals surface area contributed by atoms with Gasteiger partial charge in [-0.15, -0.1) is 0 Å². The molecule has 0 spiro atoms. The topological polar surface area (TPSA) is 21.3 Å². The highest BCUT2D eigenvalue weighted by molar-refractivity contribution is 5.50. The summed E-state index contributed by atoms with van der Waals surface area (Å²) >= 11 is 0. The summed E-state index contributed by atoms with van der Waals surface area (Å²) in [5.41, 5.74) is 3.98. The molecule has 1 heterocycles. The lowest BCUT2D eigenvalue weighted by molar-refractivity contribution is 0.178. The second kappa shape index (κ2) is 5.09. The van der Waals surface area contributed by atoms with Crippen molar-refractivity contribution in [2.75, 3.05) is 6.54 Å². The Labute approximate surface area is 104 Å². The van der Waals surface area contributed by atoms with Crippen LogP contribution >= 0.6 is 0 Å². The van der Waals surface area contributed by atoms with Crippen LogP contribution in [-0.4, -0.2) is 12.6 Å². The van der Waals surface area contributed by atoms with Crippen molar-refractivity contribution in [2.24, 2.45) is 0 Å². The van der Waals surface area contributed by atoms with Gasteiger partial charge in [-0.2, -0.15) is 0 Å². The minimum atomic E-state index is 0.301. The Balaban J connectivity index is 2.39. The Kier molecular flexibility index (Phi) is 3.72. The van der Waals surface area contributed by atoms with Crippen LogP contribution in [-0.2, 0) is 0 Å². The van der Waals surface area contributed by atoms with Crippen LogP contribution in [0.1, 0.15) is 49.4 Å². The van der Waals surface area contributed by atoms with Crippen molar-refractivity contribution in [3.05, 3.63) is 28.8 Å². The van der Waals surface area contributed by atoms with Crippen molar-refractivity contribution in [3.63, 3.8) is 0 Å². The zero-order valence-electron chi connectivity index (χ0n) is 11.3. The Hall–Kier alpha value is -1.02. The summed E-state index contributed by atoms with van der Waals surface area (Å²) in [4.78, 5) is 0. The molecule has 2 nitrogen and oxygen atoms in total. The van der Waals surface area contributed by atoms with E-state index in [0.717, 1.165) is 18.7 Å². The summed E-state index contributed by atoms with van der Waals surface area (Å²) in [5.74, 6) is 1.12. The van der Waals surface area contributed by atoms with Crippen LogP contribution in [0.3, 0.4) is 0 Å². The molecule has 1 N–H and O–H groups in total. The molecule has 17 heavy (non-hydrogen) atoms. The molecule has 0 aliphatic carbocycles. The molecule has 2 heteroatoms. The Bertz CT molecular complexity index is 400. The van der Waals surface area contributed by atoms with Gasteiger partial charge in [0.15, 0.2) is 0 Å². The van der Waals surface area contributed by atoms with Gasteiger partial charge in [0.05, 0.1) is 6.04 Å². The van der Waals surface area contributed by atoms with E-state index in [1.54, 1.807) is 0 Å². The van der Waals surface area contributed by atoms with Crippen LogP contribution in [0.2, 0.25) is 0 Å². The molecular formula is C15H23NO. The van der Waals surface area contributed by atoms with E-state index in [0.29, 0.717) is 12.1 Å². The van der Waals surface area contributed by atoms with Crippen LogP contribution in [0.4, 0.5) is 0 Å². The summed E-state index contributed by atoms with van der Waals surface area (Å²) < 4.78 is 6.16. The van der Waals surface area contributed by atoms with Gasteiger partial charge in [0.1, 0.15) is 11.9 Å². The fourth-order valence-corrected chi connectivity index (χ4v) is 2.72. The summed E-state index contributed by atoms with van der Waals surface area (Å²) in [5, 5.41) is 3.58. The van der Waals surface area contributed by atoms with Gasteiger partial charge in [0, 0.05) is 5.56 Å². The highest BCUT2D eigenvalue weighted by Gasteiger charge is 2.35. The van der Waals surface area contributed by atoms with Crippen molar-refractivity contribution in [3.8, 4) is 5.75 Å². The number of likely N-dealkylation sites (N-methyl/N-ethyl adjacent to an activating group) is 1. The van der Waals surface area contributed by atoms with Crippen molar-refractivity contribution >= 4 is 0 Å². The monoisotopic (exact) mass is 233 g/mol. The smallest absolute Gasteiger partial charge is 0.127 e. The van der Waals surface area contributed by atoms with Crippen LogP contribution in [0.25, 0.3) is 0 Å². The molecule has 2 atom stereocenters. The molecule has 0 aromatic heterocycles. The molecule has 0 amide bonds. The maximum atomic E-state index is 6.16. The van der Waals surface area contributed by atoms with Gasteiger partial charge in [-0.25, -0.2) is 0 Å². The molecule has 0 fully saturated rings. The van der Waals surface area contributed by atoms with E-state index in [1.165, 1.54) is 23.1 Å². The second-order valence-electron chi connectivity index (χ2n) is 4.92. The fourth-order valence-electron chi connectivity index (χ4n) is 2.72. The summed E-state index contributed by atoms with van der Waals surface area (Å²) in [6.45, 7) is 9.68. The molecule has 0 saturated heterocycles. The summed E-state index contributed by atoms with van der Waals surface area (Å²) in [7, 11) is 0. The van der Waals surface area contributed by atoms with Crippen LogP contribution in [0, 0.1) is 13.8 Å². The summed E-state index contributed by atoms with van der Waals surface area (Å²) in [6.07, 6.45) is 2.58. The van der Waals surface area contributed by atoms with E-state index < -0.39 is 0 Å². The number of benzene rings is 1. The Morgan fingerprint density at radius 2 is 1.88 bits per heavy atom. The van der Waals surface area contributed by atoms with Crippen LogP contribution in [0.5, 0.6) is 5.75 Å². The zero-order valence-corrected chi connectivity index (χ0v) is 11.3. The SMILES string of the molecule is CCCC1Oc2c(C)ccc(C)c2C1NCC. The predicted molar refractivity (Wildman–Crippen MR) is 71.7 cm³/mol. The molecule has 0 radical (unpaired) electrons. The molecule has 0 saturated carbocycles. The van der Waals surface area contributed by atoms with Gasteiger partial charge in [0.2, 0.25) is 0 Å². The molecule has 0 bridgehead atoms. The highest BCUT2D eigenvalue weighted by Crippen LogP contribution is 2.42. The second-order valence-corrected chi connectivity index (χ2v) is 4.92. The maximum absolute atomic E-state index is 6.16. The third kappa shape index (κ3) is 2.19. The molecule has 1 aliphatic rings. The molecule has 1 aromatic carbocycles. The third-order valence-corrected chi connectivity index (χ3v) is 3.56. The van der Waals surface area contributed by atoms with Gasteiger partial charge in [-0.3, -0.25) is 0 Å². The number of ether oxygens (including phenoxy) is 1. The highest BCUT2D eigenvalue weighted by atomic mass is 16.5. The van der Waals surface area contributed by atoms with Gasteiger partial charge >= 0.3 is 0 Å². The van der Waals surface area contributed by atoms with Crippen molar-refractivity contribution in [2.45, 2.75) is 52.7 Å². The lowest BCUT2D eigenvalue weighted by Gasteiger charge is -2.19. The molecule has 2 unspecified atom stereocenters. The quantitative estimate of drug-likeness (QED) is 0.859. The number of fused-ring (bicyclic) bond motifs is 1. The first-order valence-corrected chi connectivity index (χ1v) is 6.69.